The Labute approximate surface area is 132 Å². The molecule has 124 valence electrons. The van der Waals surface area contributed by atoms with Crippen LogP contribution in [0.4, 0.5) is 8.78 Å². The topological polar surface area (TPSA) is 66.7 Å². The summed E-state index contributed by atoms with van der Waals surface area (Å²) in [5.74, 6) is -2.24. The number of sulfonamides is 1. The largest absolute Gasteiger partial charge is 0.364 e. The van der Waals surface area contributed by atoms with Gasteiger partial charge in [0.2, 0.25) is 10.0 Å². The smallest absolute Gasteiger partial charge is 0.243 e. The molecule has 0 spiro atoms. The number of benzene rings is 1. The molecule has 1 aromatic heterocycles. The number of aromatic nitrogens is 1. The van der Waals surface area contributed by atoms with E-state index >= 15 is 0 Å². The van der Waals surface area contributed by atoms with Gasteiger partial charge in [-0.05, 0) is 18.2 Å². The van der Waals surface area contributed by atoms with Crippen molar-refractivity contribution in [3.05, 3.63) is 47.9 Å². The third-order valence-electron chi connectivity index (χ3n) is 3.74. The van der Waals surface area contributed by atoms with Crippen molar-refractivity contribution < 1.29 is 21.7 Å². The molecule has 0 saturated carbocycles. The van der Waals surface area contributed by atoms with Gasteiger partial charge < -0.3 is 4.52 Å². The van der Waals surface area contributed by atoms with Gasteiger partial charge in [0.25, 0.3) is 0 Å². The van der Waals surface area contributed by atoms with Crippen LogP contribution in [0.15, 0.2) is 39.9 Å². The average Bonchev–Trinajstić information content (AvgIpc) is 3.03. The predicted octanol–water partition coefficient (Wildman–Crippen LogP) is 1.46. The molecular formula is C14H15F2N3O3S. The zero-order valence-electron chi connectivity index (χ0n) is 12.2. The summed E-state index contributed by atoms with van der Waals surface area (Å²) in [7, 11) is -3.82. The summed E-state index contributed by atoms with van der Waals surface area (Å²) >= 11 is 0. The zero-order chi connectivity index (χ0) is 16.4. The molecular weight excluding hydrogens is 328 g/mol. The Morgan fingerprint density at radius 2 is 1.83 bits per heavy atom. The number of piperazine rings is 1. The Morgan fingerprint density at radius 3 is 2.43 bits per heavy atom. The fourth-order valence-corrected chi connectivity index (χ4v) is 3.90. The first-order valence-corrected chi connectivity index (χ1v) is 8.47. The second-order valence-electron chi connectivity index (χ2n) is 5.25. The molecule has 0 amide bonds. The second-order valence-corrected chi connectivity index (χ2v) is 7.18. The maximum Gasteiger partial charge on any atom is 0.243 e. The van der Waals surface area contributed by atoms with Crippen molar-refractivity contribution in [2.45, 2.75) is 11.4 Å². The lowest BCUT2D eigenvalue weighted by Crippen LogP contribution is -2.48. The third kappa shape index (κ3) is 3.41. The maximum atomic E-state index is 13.3. The van der Waals surface area contributed by atoms with Crippen molar-refractivity contribution in [3.8, 4) is 0 Å². The highest BCUT2D eigenvalue weighted by molar-refractivity contribution is 7.89. The first-order valence-electron chi connectivity index (χ1n) is 7.03. The van der Waals surface area contributed by atoms with Crippen LogP contribution in [-0.2, 0) is 16.6 Å². The molecule has 0 aliphatic carbocycles. The van der Waals surface area contributed by atoms with E-state index in [0.717, 1.165) is 17.8 Å². The highest BCUT2D eigenvalue weighted by Gasteiger charge is 2.29. The monoisotopic (exact) mass is 343 g/mol. The Bertz CT molecular complexity index is 773. The molecule has 23 heavy (non-hydrogen) atoms. The van der Waals surface area contributed by atoms with Crippen LogP contribution in [0.25, 0.3) is 0 Å². The number of hydrogen-bond acceptors (Lipinski definition) is 5. The number of halogens is 2. The molecule has 9 heteroatoms. The molecule has 2 heterocycles. The molecule has 2 aromatic rings. The molecule has 1 fully saturated rings. The Hall–Kier alpha value is -1.84. The van der Waals surface area contributed by atoms with Crippen molar-refractivity contribution in [2.24, 2.45) is 0 Å². The lowest BCUT2D eigenvalue weighted by Gasteiger charge is -2.33. The van der Waals surface area contributed by atoms with Crippen molar-refractivity contribution >= 4 is 10.0 Å². The van der Waals surface area contributed by atoms with E-state index in [9.17, 15) is 17.2 Å². The van der Waals surface area contributed by atoms with Crippen LogP contribution in [0.5, 0.6) is 0 Å². The maximum absolute atomic E-state index is 13.3. The van der Waals surface area contributed by atoms with Crippen molar-refractivity contribution in [2.75, 3.05) is 26.2 Å². The summed E-state index contributed by atoms with van der Waals surface area (Å²) in [4.78, 5) is 1.82. The molecule has 3 rings (SSSR count). The van der Waals surface area contributed by atoms with Gasteiger partial charge in [-0.2, -0.15) is 4.31 Å². The van der Waals surface area contributed by atoms with Gasteiger partial charge >= 0.3 is 0 Å². The van der Waals surface area contributed by atoms with Gasteiger partial charge in [-0.25, -0.2) is 17.2 Å². The lowest BCUT2D eigenvalue weighted by molar-refractivity contribution is 0.177. The van der Waals surface area contributed by atoms with Gasteiger partial charge in [-0.15, -0.1) is 0 Å². The van der Waals surface area contributed by atoms with Crippen molar-refractivity contribution in [1.29, 1.82) is 0 Å². The number of nitrogens with zero attached hydrogens (tertiary/aromatic N) is 3. The summed E-state index contributed by atoms with van der Waals surface area (Å²) in [5.41, 5.74) is 0.780. The van der Waals surface area contributed by atoms with Gasteiger partial charge in [-0.3, -0.25) is 4.90 Å². The lowest BCUT2D eigenvalue weighted by atomic mass is 10.3. The molecule has 0 unspecified atom stereocenters. The van der Waals surface area contributed by atoms with Crippen molar-refractivity contribution in [3.63, 3.8) is 0 Å². The first kappa shape index (κ1) is 16.0. The number of rotatable bonds is 4. The van der Waals surface area contributed by atoms with Crippen LogP contribution >= 0.6 is 0 Å². The second kappa shape index (κ2) is 6.34. The van der Waals surface area contributed by atoms with E-state index < -0.39 is 21.7 Å². The molecule has 0 bridgehead atoms. The average molecular weight is 343 g/mol. The van der Waals surface area contributed by atoms with Gasteiger partial charge in [0.1, 0.15) is 6.26 Å². The Morgan fingerprint density at radius 1 is 1.09 bits per heavy atom. The summed E-state index contributed by atoms with van der Waals surface area (Å²) < 4.78 is 57.2. The predicted molar refractivity (Wildman–Crippen MR) is 76.9 cm³/mol. The van der Waals surface area contributed by atoms with E-state index in [0.29, 0.717) is 25.7 Å². The van der Waals surface area contributed by atoms with Gasteiger partial charge in [0, 0.05) is 38.8 Å². The summed E-state index contributed by atoms with van der Waals surface area (Å²) in [6.45, 7) is 2.18. The van der Waals surface area contributed by atoms with Gasteiger partial charge in [0.05, 0.1) is 10.6 Å². The molecule has 6 nitrogen and oxygen atoms in total. The molecule has 1 aliphatic rings. The Balaban J connectivity index is 1.67. The minimum Gasteiger partial charge on any atom is -0.364 e. The highest BCUT2D eigenvalue weighted by atomic mass is 32.2. The quantitative estimate of drug-likeness (QED) is 0.841. The van der Waals surface area contributed by atoms with Crippen LogP contribution in [0.3, 0.4) is 0 Å². The molecule has 0 radical (unpaired) electrons. The molecule has 0 atom stereocenters. The highest BCUT2D eigenvalue weighted by Crippen LogP contribution is 2.20. The first-order chi connectivity index (χ1) is 11.0. The van der Waals surface area contributed by atoms with Gasteiger partial charge in [-0.1, -0.05) is 5.16 Å². The van der Waals surface area contributed by atoms with Crippen LogP contribution in [-0.4, -0.2) is 49.0 Å². The van der Waals surface area contributed by atoms with Crippen LogP contribution in [0, 0.1) is 11.6 Å². The third-order valence-corrected chi connectivity index (χ3v) is 5.63. The summed E-state index contributed by atoms with van der Waals surface area (Å²) in [6, 6.07) is 4.37. The number of hydrogen-bond donors (Lipinski definition) is 0. The van der Waals surface area contributed by atoms with Gasteiger partial charge in [0.15, 0.2) is 11.6 Å². The molecule has 1 saturated heterocycles. The summed E-state index contributed by atoms with van der Waals surface area (Å²) in [5, 5.41) is 3.82. The van der Waals surface area contributed by atoms with Crippen LogP contribution < -0.4 is 0 Å². The van der Waals surface area contributed by atoms with E-state index in [1.54, 1.807) is 6.07 Å². The summed E-state index contributed by atoms with van der Waals surface area (Å²) in [6.07, 6.45) is 1.49. The minimum absolute atomic E-state index is 0.235. The molecule has 0 N–H and O–H groups in total. The van der Waals surface area contributed by atoms with Crippen LogP contribution in [0.2, 0.25) is 0 Å². The Kier molecular flexibility index (Phi) is 4.42. The fraction of sp³-hybridized carbons (Fsp3) is 0.357. The van der Waals surface area contributed by atoms with Crippen molar-refractivity contribution in [1.82, 2.24) is 14.4 Å². The van der Waals surface area contributed by atoms with E-state index in [4.69, 9.17) is 4.52 Å². The fourth-order valence-electron chi connectivity index (χ4n) is 2.46. The minimum atomic E-state index is -3.82. The SMILES string of the molecule is O=S(=O)(c1ccc(F)c(F)c1)N1CCN(Cc2ccon2)CC1. The van der Waals surface area contributed by atoms with E-state index in [2.05, 4.69) is 10.1 Å². The van der Waals surface area contributed by atoms with Crippen LogP contribution in [0.1, 0.15) is 5.69 Å². The normalized spacial score (nSPS) is 17.5. The van der Waals surface area contributed by atoms with E-state index in [1.807, 2.05) is 0 Å². The zero-order valence-corrected chi connectivity index (χ0v) is 13.0. The molecule has 1 aromatic carbocycles. The van der Waals surface area contributed by atoms with E-state index in [-0.39, 0.29) is 18.0 Å². The van der Waals surface area contributed by atoms with E-state index in [1.165, 1.54) is 10.6 Å². The molecule has 1 aliphatic heterocycles. The standard InChI is InChI=1S/C14H15F2N3O3S/c15-13-2-1-12(9-14(13)16)23(20,21)19-6-4-18(5-7-19)10-11-3-8-22-17-11/h1-3,8-9H,4-7,10H2.